The number of hydrogen-bond acceptors (Lipinski definition) is 4. The highest BCUT2D eigenvalue weighted by Gasteiger charge is 2.42. The molecular formula is C11H19F3N2O3S. The van der Waals surface area contributed by atoms with Crippen LogP contribution in [0.15, 0.2) is 0 Å². The van der Waals surface area contributed by atoms with Gasteiger partial charge in [0.2, 0.25) is 10.0 Å². The lowest BCUT2D eigenvalue weighted by molar-refractivity contribution is -0.160. The van der Waals surface area contributed by atoms with Gasteiger partial charge in [-0.05, 0) is 25.7 Å². The zero-order valence-corrected chi connectivity index (χ0v) is 11.8. The van der Waals surface area contributed by atoms with Crippen molar-refractivity contribution in [1.29, 1.82) is 0 Å². The van der Waals surface area contributed by atoms with Crippen LogP contribution in [0.4, 0.5) is 13.2 Å². The quantitative estimate of drug-likeness (QED) is 0.807. The summed E-state index contributed by atoms with van der Waals surface area (Å²) < 4.78 is 69.3. The number of alkyl halides is 3. The van der Waals surface area contributed by atoms with Gasteiger partial charge >= 0.3 is 6.18 Å². The van der Waals surface area contributed by atoms with E-state index >= 15 is 0 Å². The Hall–Kier alpha value is -0.380. The Bertz CT molecular complexity index is 413. The molecule has 2 N–H and O–H groups in total. The van der Waals surface area contributed by atoms with Gasteiger partial charge in [0, 0.05) is 25.8 Å². The summed E-state index contributed by atoms with van der Waals surface area (Å²) in [5.41, 5.74) is 0. The Balaban J connectivity index is 1.85. The predicted octanol–water partition coefficient (Wildman–Crippen LogP) is 0.768. The molecule has 2 rings (SSSR count). The average Bonchev–Trinajstić information content (AvgIpc) is 2.39. The molecule has 2 heterocycles. The maximum Gasteiger partial charge on any atom is 0.403 e. The van der Waals surface area contributed by atoms with Gasteiger partial charge in [-0.3, -0.25) is 0 Å². The average molecular weight is 316 g/mol. The highest BCUT2D eigenvalue weighted by molar-refractivity contribution is 7.90. The van der Waals surface area contributed by atoms with Gasteiger partial charge in [-0.1, -0.05) is 0 Å². The predicted molar refractivity (Wildman–Crippen MR) is 66.8 cm³/mol. The first-order chi connectivity index (χ1) is 9.29. The normalized spacial score (nSPS) is 30.4. The third-order valence-electron chi connectivity index (χ3n) is 3.75. The lowest BCUT2D eigenvalue weighted by Gasteiger charge is -2.32. The second-order valence-electron chi connectivity index (χ2n) is 5.25. The Kier molecular flexibility index (Phi) is 4.93. The molecule has 20 heavy (non-hydrogen) atoms. The number of piperidine rings is 1. The molecule has 2 unspecified atom stereocenters. The van der Waals surface area contributed by atoms with Crippen molar-refractivity contribution in [3.05, 3.63) is 0 Å². The number of sulfonamides is 1. The lowest BCUT2D eigenvalue weighted by atomic mass is 10.0. The van der Waals surface area contributed by atoms with E-state index in [9.17, 15) is 21.6 Å². The van der Waals surface area contributed by atoms with Gasteiger partial charge in [-0.2, -0.15) is 13.2 Å². The minimum absolute atomic E-state index is 0.00657. The third kappa shape index (κ3) is 4.06. The number of hydrogen-bond donors (Lipinski definition) is 2. The highest BCUT2D eigenvalue weighted by Crippen LogP contribution is 2.26. The van der Waals surface area contributed by atoms with Gasteiger partial charge in [-0.25, -0.2) is 13.1 Å². The van der Waals surface area contributed by atoms with Crippen LogP contribution in [0.25, 0.3) is 0 Å². The van der Waals surface area contributed by atoms with E-state index in [1.54, 1.807) is 0 Å². The topological polar surface area (TPSA) is 67.4 Å². The van der Waals surface area contributed by atoms with Gasteiger partial charge in [0.15, 0.2) is 0 Å². The van der Waals surface area contributed by atoms with Crippen molar-refractivity contribution in [2.45, 2.75) is 49.2 Å². The van der Waals surface area contributed by atoms with Crippen LogP contribution in [0.1, 0.15) is 25.7 Å². The van der Waals surface area contributed by atoms with E-state index in [0.717, 1.165) is 0 Å². The largest absolute Gasteiger partial charge is 0.403 e. The van der Waals surface area contributed by atoms with Crippen molar-refractivity contribution < 1.29 is 26.3 Å². The van der Waals surface area contributed by atoms with E-state index in [2.05, 4.69) is 10.0 Å². The van der Waals surface area contributed by atoms with E-state index in [-0.39, 0.29) is 19.4 Å². The maximum atomic E-state index is 12.5. The first kappa shape index (κ1) is 16.0. The standard InChI is InChI=1S/C11H19F3N2O3S/c12-11(13,14)10-2-1-8(7-15-10)16-20(17,18)9-3-5-19-6-4-9/h8-10,15-16H,1-7H2. The Morgan fingerprint density at radius 3 is 2.25 bits per heavy atom. The summed E-state index contributed by atoms with van der Waals surface area (Å²) in [6, 6.07) is -2.01. The number of rotatable bonds is 3. The molecule has 0 bridgehead atoms. The summed E-state index contributed by atoms with van der Waals surface area (Å²) in [4.78, 5) is 0. The molecule has 0 aromatic carbocycles. The van der Waals surface area contributed by atoms with Crippen LogP contribution in [-0.2, 0) is 14.8 Å². The maximum absolute atomic E-state index is 12.5. The number of halogens is 3. The molecule has 0 aliphatic carbocycles. The van der Waals surface area contributed by atoms with Crippen LogP contribution >= 0.6 is 0 Å². The zero-order valence-electron chi connectivity index (χ0n) is 10.9. The number of nitrogens with one attached hydrogen (secondary N) is 2. The molecule has 2 aliphatic rings. The van der Waals surface area contributed by atoms with Gasteiger partial charge in [-0.15, -0.1) is 0 Å². The van der Waals surface area contributed by atoms with E-state index in [4.69, 9.17) is 4.74 Å². The van der Waals surface area contributed by atoms with Gasteiger partial charge in [0.05, 0.1) is 5.25 Å². The van der Waals surface area contributed by atoms with Gasteiger partial charge < -0.3 is 10.1 Å². The van der Waals surface area contributed by atoms with E-state index in [0.29, 0.717) is 26.1 Å². The van der Waals surface area contributed by atoms with Crippen molar-refractivity contribution in [1.82, 2.24) is 10.0 Å². The van der Waals surface area contributed by atoms with Crippen LogP contribution in [0, 0.1) is 0 Å². The molecule has 2 atom stereocenters. The van der Waals surface area contributed by atoms with Crippen LogP contribution in [0.3, 0.4) is 0 Å². The lowest BCUT2D eigenvalue weighted by Crippen LogP contribution is -2.55. The number of ether oxygens (including phenoxy) is 1. The van der Waals surface area contributed by atoms with Gasteiger partial charge in [0.25, 0.3) is 0 Å². The van der Waals surface area contributed by atoms with Crippen molar-refractivity contribution in [2.24, 2.45) is 0 Å². The summed E-state index contributed by atoms with van der Waals surface area (Å²) in [5, 5.41) is 1.85. The summed E-state index contributed by atoms with van der Waals surface area (Å²) in [7, 11) is -3.49. The van der Waals surface area contributed by atoms with Crippen LogP contribution in [-0.4, -0.2) is 51.7 Å². The molecule has 0 saturated carbocycles. The smallest absolute Gasteiger partial charge is 0.381 e. The second-order valence-corrected chi connectivity index (χ2v) is 7.24. The second kappa shape index (κ2) is 6.17. The zero-order chi connectivity index (χ0) is 14.8. The fraction of sp³-hybridized carbons (Fsp3) is 1.00. The molecule has 0 aromatic heterocycles. The molecule has 2 aliphatic heterocycles. The summed E-state index contributed by atoms with van der Waals surface area (Å²) >= 11 is 0. The Morgan fingerprint density at radius 2 is 1.75 bits per heavy atom. The van der Waals surface area contributed by atoms with Crippen molar-refractivity contribution in [2.75, 3.05) is 19.8 Å². The minimum Gasteiger partial charge on any atom is -0.381 e. The van der Waals surface area contributed by atoms with Crippen LogP contribution in [0.2, 0.25) is 0 Å². The third-order valence-corrected chi connectivity index (χ3v) is 5.76. The molecular weight excluding hydrogens is 297 g/mol. The molecule has 0 aromatic rings. The fourth-order valence-corrected chi connectivity index (χ4v) is 4.22. The Labute approximate surface area is 116 Å². The van der Waals surface area contributed by atoms with Gasteiger partial charge in [0.1, 0.15) is 6.04 Å². The van der Waals surface area contributed by atoms with E-state index in [1.807, 2.05) is 0 Å². The molecule has 2 saturated heterocycles. The fourth-order valence-electron chi connectivity index (χ4n) is 2.55. The van der Waals surface area contributed by atoms with Crippen molar-refractivity contribution >= 4 is 10.0 Å². The molecule has 2 fully saturated rings. The molecule has 9 heteroatoms. The molecule has 5 nitrogen and oxygen atoms in total. The first-order valence-electron chi connectivity index (χ1n) is 6.68. The minimum atomic E-state index is -4.27. The summed E-state index contributed by atoms with van der Waals surface area (Å²) in [6.45, 7) is 0.821. The van der Waals surface area contributed by atoms with Crippen molar-refractivity contribution in [3.8, 4) is 0 Å². The molecule has 0 radical (unpaired) electrons. The van der Waals surface area contributed by atoms with Crippen LogP contribution in [0.5, 0.6) is 0 Å². The molecule has 0 spiro atoms. The SMILES string of the molecule is O=S(=O)(NC1CCC(C(F)(F)F)NC1)C1CCOCC1. The molecule has 118 valence electrons. The van der Waals surface area contributed by atoms with Crippen LogP contribution < -0.4 is 10.0 Å². The monoisotopic (exact) mass is 316 g/mol. The summed E-state index contributed by atoms with van der Waals surface area (Å²) in [5.74, 6) is 0. The summed E-state index contributed by atoms with van der Waals surface area (Å²) in [6.07, 6.45) is -3.32. The van der Waals surface area contributed by atoms with E-state index < -0.39 is 33.5 Å². The van der Waals surface area contributed by atoms with E-state index in [1.165, 1.54) is 0 Å². The first-order valence-corrected chi connectivity index (χ1v) is 8.22. The van der Waals surface area contributed by atoms with Crippen molar-refractivity contribution in [3.63, 3.8) is 0 Å². The molecule has 0 amide bonds. The Morgan fingerprint density at radius 1 is 1.10 bits per heavy atom. The highest BCUT2D eigenvalue weighted by atomic mass is 32.2.